The molecule has 0 aliphatic carbocycles. The molecule has 4 amide bonds. The molecule has 0 spiro atoms. The lowest BCUT2D eigenvalue weighted by Crippen LogP contribution is -2.54. The zero-order chi connectivity index (χ0) is 26.1. The van der Waals surface area contributed by atoms with Gasteiger partial charge in [-0.05, 0) is 77.7 Å². The number of ether oxygens (including phenoxy) is 1. The summed E-state index contributed by atoms with van der Waals surface area (Å²) in [5, 5.41) is 4.84. The highest BCUT2D eigenvalue weighted by atomic mass is 35.5. The maximum Gasteiger partial charge on any atom is 0.335 e. The smallest absolute Gasteiger partial charge is 0.335 e. The van der Waals surface area contributed by atoms with Crippen molar-refractivity contribution in [3.8, 4) is 5.75 Å². The summed E-state index contributed by atoms with van der Waals surface area (Å²) in [7, 11) is 0. The van der Waals surface area contributed by atoms with Crippen LogP contribution in [0, 0.1) is 13.8 Å². The molecule has 5 rings (SSSR count). The predicted octanol–water partition coefficient (Wildman–Crippen LogP) is 6.36. The number of fused-ring (bicyclic) bond motifs is 1. The van der Waals surface area contributed by atoms with Crippen molar-refractivity contribution in [2.24, 2.45) is 0 Å². The van der Waals surface area contributed by atoms with Gasteiger partial charge < -0.3 is 4.74 Å². The molecule has 7 heteroatoms. The Bertz CT molecular complexity index is 1600. The number of aryl methyl sites for hydroxylation is 2. The second kappa shape index (κ2) is 9.91. The summed E-state index contributed by atoms with van der Waals surface area (Å²) >= 11 is 6.25. The zero-order valence-corrected chi connectivity index (χ0v) is 21.0. The van der Waals surface area contributed by atoms with Crippen molar-refractivity contribution in [2.75, 3.05) is 4.90 Å². The van der Waals surface area contributed by atoms with Gasteiger partial charge in [0, 0.05) is 10.6 Å². The van der Waals surface area contributed by atoms with Crippen molar-refractivity contribution in [1.82, 2.24) is 5.32 Å². The van der Waals surface area contributed by atoms with Crippen LogP contribution in [-0.4, -0.2) is 17.8 Å². The molecule has 0 atom stereocenters. The molecule has 4 aromatic rings. The number of imide groups is 2. The Kier molecular flexibility index (Phi) is 6.51. The van der Waals surface area contributed by atoms with E-state index in [2.05, 4.69) is 5.32 Å². The first-order chi connectivity index (χ1) is 17.8. The fourth-order valence-electron chi connectivity index (χ4n) is 4.25. The van der Waals surface area contributed by atoms with Gasteiger partial charge in [0.1, 0.15) is 17.9 Å². The van der Waals surface area contributed by atoms with Crippen LogP contribution in [0.1, 0.15) is 22.3 Å². The maximum atomic E-state index is 13.4. The van der Waals surface area contributed by atoms with Gasteiger partial charge in [0.2, 0.25) is 0 Å². The second-order valence-corrected chi connectivity index (χ2v) is 9.27. The van der Waals surface area contributed by atoms with Crippen LogP contribution in [0.3, 0.4) is 0 Å². The minimum atomic E-state index is -0.797. The standard InChI is InChI=1S/C30H23ClN2O4/c1-18-10-12-24(14-19(18)2)33-29(35)26(28(34)32-30(33)36)16-22-15-23(31)11-13-27(22)37-17-21-8-5-7-20-6-3-4-9-25(20)21/h3-16H,17H2,1-2H3,(H,32,34,36)/b26-16+. The molecule has 1 heterocycles. The largest absolute Gasteiger partial charge is 0.488 e. The van der Waals surface area contributed by atoms with Crippen molar-refractivity contribution in [1.29, 1.82) is 0 Å². The number of benzene rings is 4. The molecular formula is C30H23ClN2O4. The van der Waals surface area contributed by atoms with Crippen LogP contribution in [0.25, 0.3) is 16.8 Å². The van der Waals surface area contributed by atoms with Crippen molar-refractivity contribution in [3.63, 3.8) is 0 Å². The highest BCUT2D eigenvalue weighted by molar-refractivity contribution is 6.39. The first-order valence-corrected chi connectivity index (χ1v) is 12.1. The number of amides is 4. The predicted molar refractivity (Wildman–Crippen MR) is 145 cm³/mol. The van der Waals surface area contributed by atoms with E-state index in [4.69, 9.17) is 16.3 Å². The van der Waals surface area contributed by atoms with Gasteiger partial charge in [0.25, 0.3) is 11.8 Å². The van der Waals surface area contributed by atoms with Gasteiger partial charge in [-0.1, -0.05) is 60.1 Å². The van der Waals surface area contributed by atoms with Crippen LogP contribution in [0.15, 0.2) is 84.4 Å². The normalized spacial score (nSPS) is 14.8. The third kappa shape index (κ3) is 4.84. The minimum Gasteiger partial charge on any atom is -0.488 e. The number of barbiturate groups is 1. The van der Waals surface area contributed by atoms with Crippen LogP contribution in [0.4, 0.5) is 10.5 Å². The number of rotatable bonds is 5. The summed E-state index contributed by atoms with van der Waals surface area (Å²) < 4.78 is 6.13. The van der Waals surface area contributed by atoms with Gasteiger partial charge in [-0.2, -0.15) is 0 Å². The lowest BCUT2D eigenvalue weighted by molar-refractivity contribution is -0.122. The Hall–Kier alpha value is -4.42. The molecule has 184 valence electrons. The van der Waals surface area contributed by atoms with Gasteiger partial charge in [-0.25, -0.2) is 9.69 Å². The molecule has 0 saturated carbocycles. The Morgan fingerprint density at radius 3 is 2.49 bits per heavy atom. The average molecular weight is 511 g/mol. The molecule has 1 fully saturated rings. The Balaban J connectivity index is 1.49. The molecule has 37 heavy (non-hydrogen) atoms. The first kappa shape index (κ1) is 24.3. The van der Waals surface area contributed by atoms with E-state index in [0.717, 1.165) is 32.4 Å². The summed E-state index contributed by atoms with van der Waals surface area (Å²) in [4.78, 5) is 39.6. The van der Waals surface area contributed by atoms with Crippen molar-refractivity contribution in [3.05, 3.63) is 112 Å². The Labute approximate surface area is 219 Å². The van der Waals surface area contributed by atoms with Crippen molar-refractivity contribution in [2.45, 2.75) is 20.5 Å². The average Bonchev–Trinajstić information content (AvgIpc) is 2.88. The van der Waals surface area contributed by atoms with Gasteiger partial charge in [-0.3, -0.25) is 14.9 Å². The van der Waals surface area contributed by atoms with Gasteiger partial charge in [0.15, 0.2) is 0 Å². The van der Waals surface area contributed by atoms with E-state index in [0.29, 0.717) is 22.0 Å². The summed E-state index contributed by atoms with van der Waals surface area (Å²) in [6.07, 6.45) is 1.41. The van der Waals surface area contributed by atoms with Gasteiger partial charge in [-0.15, -0.1) is 0 Å². The van der Waals surface area contributed by atoms with E-state index in [9.17, 15) is 14.4 Å². The van der Waals surface area contributed by atoms with Crippen LogP contribution in [0.2, 0.25) is 5.02 Å². The molecule has 0 radical (unpaired) electrons. The molecule has 1 saturated heterocycles. The van der Waals surface area contributed by atoms with E-state index in [1.54, 1.807) is 30.3 Å². The monoisotopic (exact) mass is 510 g/mol. The topological polar surface area (TPSA) is 75.7 Å². The van der Waals surface area contributed by atoms with Crippen LogP contribution in [0.5, 0.6) is 5.75 Å². The fraction of sp³-hybridized carbons (Fsp3) is 0.100. The van der Waals surface area contributed by atoms with Crippen LogP contribution >= 0.6 is 11.6 Å². The maximum absolute atomic E-state index is 13.4. The first-order valence-electron chi connectivity index (χ1n) is 11.7. The second-order valence-electron chi connectivity index (χ2n) is 8.84. The molecule has 0 unspecified atom stereocenters. The number of hydrogen-bond donors (Lipinski definition) is 1. The summed E-state index contributed by atoms with van der Waals surface area (Å²) in [6, 6.07) is 23.4. The molecule has 0 bridgehead atoms. The zero-order valence-electron chi connectivity index (χ0n) is 20.2. The number of urea groups is 1. The van der Waals surface area contributed by atoms with E-state index in [1.807, 2.05) is 62.4 Å². The summed E-state index contributed by atoms with van der Waals surface area (Å²) in [5.41, 5.74) is 3.55. The summed E-state index contributed by atoms with van der Waals surface area (Å²) in [6.45, 7) is 4.09. The number of carbonyl (C=O) groups excluding carboxylic acids is 3. The van der Waals surface area contributed by atoms with E-state index >= 15 is 0 Å². The lowest BCUT2D eigenvalue weighted by Gasteiger charge is -2.27. The third-order valence-corrected chi connectivity index (χ3v) is 6.62. The van der Waals surface area contributed by atoms with E-state index in [-0.39, 0.29) is 12.2 Å². The van der Waals surface area contributed by atoms with Gasteiger partial charge in [0.05, 0.1) is 5.69 Å². The number of halogens is 1. The van der Waals surface area contributed by atoms with Crippen LogP contribution in [-0.2, 0) is 16.2 Å². The highest BCUT2D eigenvalue weighted by Crippen LogP contribution is 2.30. The Morgan fingerprint density at radius 2 is 1.68 bits per heavy atom. The third-order valence-electron chi connectivity index (χ3n) is 6.39. The minimum absolute atomic E-state index is 0.199. The molecule has 1 aliphatic heterocycles. The SMILES string of the molecule is Cc1ccc(N2C(=O)NC(=O)/C(=C\c3cc(Cl)ccc3OCc3cccc4ccccc34)C2=O)cc1C. The highest BCUT2D eigenvalue weighted by Gasteiger charge is 2.37. The lowest BCUT2D eigenvalue weighted by atomic mass is 10.0. The Morgan fingerprint density at radius 1 is 0.892 bits per heavy atom. The number of nitrogens with one attached hydrogen (secondary N) is 1. The van der Waals surface area contributed by atoms with E-state index < -0.39 is 17.8 Å². The fourth-order valence-corrected chi connectivity index (χ4v) is 4.43. The molecule has 0 aromatic heterocycles. The molecular weight excluding hydrogens is 488 g/mol. The van der Waals surface area contributed by atoms with Crippen molar-refractivity contribution >= 4 is 52.0 Å². The number of hydrogen-bond acceptors (Lipinski definition) is 4. The number of anilines is 1. The van der Waals surface area contributed by atoms with E-state index in [1.165, 1.54) is 6.08 Å². The molecule has 1 aliphatic rings. The van der Waals surface area contributed by atoms with Gasteiger partial charge >= 0.3 is 6.03 Å². The number of carbonyl (C=O) groups is 3. The van der Waals surface area contributed by atoms with Crippen molar-refractivity contribution < 1.29 is 19.1 Å². The molecule has 4 aromatic carbocycles. The van der Waals surface area contributed by atoms with Crippen LogP contribution < -0.4 is 15.0 Å². The number of nitrogens with zero attached hydrogens (tertiary/aromatic N) is 1. The quantitative estimate of drug-likeness (QED) is 0.250. The molecule has 6 nitrogen and oxygen atoms in total. The molecule has 1 N–H and O–H groups in total. The summed E-state index contributed by atoms with van der Waals surface area (Å²) in [5.74, 6) is -1.06.